The zero-order valence-electron chi connectivity index (χ0n) is 14.5. The maximum atomic E-state index is 12.7. The Labute approximate surface area is 148 Å². The average molecular weight is 342 g/mol. The highest BCUT2D eigenvalue weighted by Gasteiger charge is 2.38. The average Bonchev–Trinajstić information content (AvgIpc) is 3.06. The van der Waals surface area contributed by atoms with E-state index in [1.165, 1.54) is 19.3 Å². The fourth-order valence-corrected chi connectivity index (χ4v) is 4.48. The van der Waals surface area contributed by atoms with Crippen molar-refractivity contribution in [3.63, 3.8) is 0 Å². The summed E-state index contributed by atoms with van der Waals surface area (Å²) in [5.74, 6) is 0.683. The zero-order chi connectivity index (χ0) is 17.2. The lowest BCUT2D eigenvalue weighted by Gasteiger charge is -2.32. The van der Waals surface area contributed by atoms with E-state index >= 15 is 0 Å². The van der Waals surface area contributed by atoms with Crippen LogP contribution in [-0.2, 0) is 0 Å². The summed E-state index contributed by atoms with van der Waals surface area (Å²) in [7, 11) is 0. The van der Waals surface area contributed by atoms with Crippen LogP contribution in [0.15, 0.2) is 24.3 Å². The molecular weight excluding hydrogens is 316 g/mol. The van der Waals surface area contributed by atoms with Crippen LogP contribution in [0.3, 0.4) is 0 Å². The maximum absolute atomic E-state index is 12.7. The van der Waals surface area contributed by atoms with Crippen LogP contribution in [0.5, 0.6) is 0 Å². The lowest BCUT2D eigenvalue weighted by atomic mass is 9.85. The Morgan fingerprint density at radius 2 is 2.00 bits per heavy atom. The quantitative estimate of drug-likeness (QED) is 0.865. The van der Waals surface area contributed by atoms with E-state index in [9.17, 15) is 9.59 Å². The summed E-state index contributed by atoms with van der Waals surface area (Å²) in [6, 6.07) is 7.90. The first-order chi connectivity index (χ1) is 12.2. The molecule has 25 heavy (non-hydrogen) atoms. The third-order valence-corrected chi connectivity index (χ3v) is 5.76. The van der Waals surface area contributed by atoms with Gasteiger partial charge in [0.05, 0.1) is 0 Å². The number of amides is 4. The molecule has 0 unspecified atom stereocenters. The van der Waals surface area contributed by atoms with Gasteiger partial charge in [0.15, 0.2) is 0 Å². The van der Waals surface area contributed by atoms with Gasteiger partial charge in [-0.05, 0) is 49.8 Å². The van der Waals surface area contributed by atoms with Crippen LogP contribution in [0.25, 0.3) is 0 Å². The number of carbonyl (C=O) groups excluding carboxylic acids is 2. The van der Waals surface area contributed by atoms with Gasteiger partial charge < -0.3 is 15.5 Å². The molecule has 2 aliphatic heterocycles. The molecule has 1 aliphatic carbocycles. The molecule has 2 N–H and O–H groups in total. The van der Waals surface area contributed by atoms with Crippen LogP contribution >= 0.6 is 0 Å². The molecule has 134 valence electrons. The molecule has 1 aromatic carbocycles. The number of nitrogens with zero attached hydrogens (tertiary/aromatic N) is 2. The molecule has 6 nitrogen and oxygen atoms in total. The molecule has 2 atom stereocenters. The van der Waals surface area contributed by atoms with Crippen molar-refractivity contribution < 1.29 is 9.59 Å². The fraction of sp³-hybridized carbons (Fsp3) is 0.579. The highest BCUT2D eigenvalue weighted by Crippen LogP contribution is 2.36. The van der Waals surface area contributed by atoms with Crippen LogP contribution in [0, 0.1) is 5.92 Å². The van der Waals surface area contributed by atoms with E-state index in [-0.39, 0.29) is 12.1 Å². The second-order valence-electron chi connectivity index (χ2n) is 7.31. The minimum Gasteiger partial charge on any atom is -0.338 e. The zero-order valence-corrected chi connectivity index (χ0v) is 14.5. The minimum atomic E-state index is -0.0701. The van der Waals surface area contributed by atoms with Crippen LogP contribution in [0.4, 0.5) is 21.0 Å². The van der Waals surface area contributed by atoms with E-state index in [1.807, 2.05) is 29.2 Å². The summed E-state index contributed by atoms with van der Waals surface area (Å²) in [6.07, 6.45) is 6.98. The fourth-order valence-electron chi connectivity index (χ4n) is 4.48. The summed E-state index contributed by atoms with van der Waals surface area (Å²) < 4.78 is 0. The highest BCUT2D eigenvalue weighted by molar-refractivity contribution is 5.95. The molecule has 0 bridgehead atoms. The second-order valence-corrected chi connectivity index (χ2v) is 7.31. The number of rotatable bonds is 2. The van der Waals surface area contributed by atoms with Crippen molar-refractivity contribution in [2.45, 2.75) is 44.6 Å². The lowest BCUT2D eigenvalue weighted by molar-refractivity contribution is 0.182. The molecular formula is C19H26N4O2. The number of urea groups is 2. The Balaban J connectivity index is 1.45. The number of hydrogen-bond donors (Lipinski definition) is 2. The van der Waals surface area contributed by atoms with E-state index in [2.05, 4.69) is 10.6 Å². The van der Waals surface area contributed by atoms with Crippen molar-refractivity contribution in [1.82, 2.24) is 10.2 Å². The Morgan fingerprint density at radius 1 is 1.12 bits per heavy atom. The Bertz CT molecular complexity index is 663. The topological polar surface area (TPSA) is 64.7 Å². The molecule has 0 aromatic heterocycles. The molecule has 0 radical (unpaired) electrons. The van der Waals surface area contributed by atoms with Gasteiger partial charge in [-0.1, -0.05) is 18.9 Å². The van der Waals surface area contributed by atoms with Crippen molar-refractivity contribution >= 4 is 23.4 Å². The molecule has 0 spiro atoms. The van der Waals surface area contributed by atoms with Crippen LogP contribution in [0.2, 0.25) is 0 Å². The van der Waals surface area contributed by atoms with Gasteiger partial charge in [-0.15, -0.1) is 0 Å². The van der Waals surface area contributed by atoms with Crippen LogP contribution < -0.4 is 15.5 Å². The first kappa shape index (κ1) is 16.2. The Morgan fingerprint density at radius 3 is 2.88 bits per heavy atom. The van der Waals surface area contributed by atoms with Gasteiger partial charge >= 0.3 is 12.1 Å². The summed E-state index contributed by atoms with van der Waals surface area (Å²) in [6.45, 7) is 2.29. The van der Waals surface area contributed by atoms with Gasteiger partial charge in [0.2, 0.25) is 0 Å². The molecule has 4 amide bonds. The number of likely N-dealkylation sites (tertiary alicyclic amines) is 1. The van der Waals surface area contributed by atoms with Crippen molar-refractivity contribution in [2.24, 2.45) is 5.92 Å². The third-order valence-electron chi connectivity index (χ3n) is 5.76. The van der Waals surface area contributed by atoms with Crippen molar-refractivity contribution in [3.8, 4) is 0 Å². The smallest absolute Gasteiger partial charge is 0.322 e. The van der Waals surface area contributed by atoms with E-state index in [0.717, 1.165) is 43.7 Å². The van der Waals surface area contributed by atoms with Gasteiger partial charge in [-0.25, -0.2) is 9.59 Å². The summed E-state index contributed by atoms with van der Waals surface area (Å²) >= 11 is 0. The molecule has 1 saturated carbocycles. The highest BCUT2D eigenvalue weighted by atomic mass is 16.2. The largest absolute Gasteiger partial charge is 0.338 e. The van der Waals surface area contributed by atoms with Gasteiger partial charge in [-0.2, -0.15) is 0 Å². The predicted octanol–water partition coefficient (Wildman–Crippen LogP) is 3.40. The number of carbonyl (C=O) groups is 2. The molecule has 4 rings (SSSR count). The second kappa shape index (κ2) is 6.94. The van der Waals surface area contributed by atoms with Gasteiger partial charge in [0.25, 0.3) is 0 Å². The van der Waals surface area contributed by atoms with Crippen molar-refractivity contribution in [2.75, 3.05) is 29.9 Å². The minimum absolute atomic E-state index is 0.00496. The normalized spacial score (nSPS) is 26.2. The SMILES string of the molecule is O=C1NCCCN1c1cccc(NC(=O)N2CC[C@@H]3CCCC[C@H]32)c1. The van der Waals surface area contributed by atoms with Gasteiger partial charge in [0.1, 0.15) is 0 Å². The van der Waals surface area contributed by atoms with E-state index in [0.29, 0.717) is 18.5 Å². The van der Waals surface area contributed by atoms with Crippen LogP contribution in [0.1, 0.15) is 38.5 Å². The molecule has 6 heteroatoms. The third kappa shape index (κ3) is 3.30. The van der Waals surface area contributed by atoms with Crippen molar-refractivity contribution in [3.05, 3.63) is 24.3 Å². The first-order valence-corrected chi connectivity index (χ1v) is 9.45. The summed E-state index contributed by atoms with van der Waals surface area (Å²) in [4.78, 5) is 28.5. The lowest BCUT2D eigenvalue weighted by Crippen LogP contribution is -2.46. The van der Waals surface area contributed by atoms with E-state index in [1.54, 1.807) is 4.90 Å². The Kier molecular flexibility index (Phi) is 4.51. The van der Waals surface area contributed by atoms with E-state index in [4.69, 9.17) is 0 Å². The standard InChI is InChI=1S/C19H26N4O2/c24-18-20-10-4-11-22(18)16-7-3-6-15(13-16)21-19(25)23-12-9-14-5-1-2-8-17(14)23/h3,6-7,13-14,17H,1-2,4-5,8-12H2,(H,20,24)(H,21,25)/t14-,17+/m0/s1. The van der Waals surface area contributed by atoms with Gasteiger partial charge in [0, 0.05) is 37.1 Å². The number of benzene rings is 1. The summed E-state index contributed by atoms with van der Waals surface area (Å²) in [5.41, 5.74) is 1.58. The molecule has 2 heterocycles. The Hall–Kier alpha value is -2.24. The summed E-state index contributed by atoms with van der Waals surface area (Å²) in [5, 5.41) is 5.90. The number of anilines is 2. The van der Waals surface area contributed by atoms with Crippen LogP contribution in [-0.4, -0.2) is 42.6 Å². The van der Waals surface area contributed by atoms with Gasteiger partial charge in [-0.3, -0.25) is 4.90 Å². The van der Waals surface area contributed by atoms with E-state index < -0.39 is 0 Å². The number of fused-ring (bicyclic) bond motifs is 1. The maximum Gasteiger partial charge on any atom is 0.322 e. The monoisotopic (exact) mass is 342 g/mol. The van der Waals surface area contributed by atoms with Crippen molar-refractivity contribution in [1.29, 1.82) is 0 Å². The molecule has 2 saturated heterocycles. The molecule has 3 aliphatic rings. The molecule has 1 aromatic rings. The molecule has 3 fully saturated rings. The predicted molar refractivity (Wildman–Crippen MR) is 97.9 cm³/mol. The number of nitrogens with one attached hydrogen (secondary N) is 2. The number of hydrogen-bond acceptors (Lipinski definition) is 2. The first-order valence-electron chi connectivity index (χ1n) is 9.45.